The molecule has 0 aliphatic rings. The van der Waals surface area contributed by atoms with Crippen molar-refractivity contribution in [3.8, 4) is 0 Å². The van der Waals surface area contributed by atoms with Crippen molar-refractivity contribution < 1.29 is 19.8 Å². The summed E-state index contributed by atoms with van der Waals surface area (Å²) in [5.41, 5.74) is 7.49. The van der Waals surface area contributed by atoms with E-state index in [1.807, 2.05) is 60.7 Å². The lowest BCUT2D eigenvalue weighted by atomic mass is 10.0. The summed E-state index contributed by atoms with van der Waals surface area (Å²) in [4.78, 5) is 43.5. The van der Waals surface area contributed by atoms with E-state index in [1.165, 1.54) is 11.8 Å². The average molecular weight is 852 g/mol. The zero-order valence-electron chi connectivity index (χ0n) is 33.4. The number of unbranched alkanes of at least 4 members (excludes halogenated alkanes) is 8. The Labute approximate surface area is 361 Å². The van der Waals surface area contributed by atoms with Gasteiger partial charge in [-0.2, -0.15) is 0 Å². The van der Waals surface area contributed by atoms with E-state index in [9.17, 15) is 19.8 Å². The molecule has 4 aromatic heterocycles. The van der Waals surface area contributed by atoms with Crippen LogP contribution in [0.1, 0.15) is 121 Å². The number of hydrogen-bond donors (Lipinski definition) is 2. The van der Waals surface area contributed by atoms with Crippen LogP contribution in [0.3, 0.4) is 0 Å². The first kappa shape index (κ1) is 44.0. The quantitative estimate of drug-likeness (QED) is 0.0572. The molecule has 0 amide bonds. The van der Waals surface area contributed by atoms with Gasteiger partial charge in [0.25, 0.3) is 0 Å². The highest BCUT2D eigenvalue weighted by molar-refractivity contribution is 7.99. The van der Waals surface area contributed by atoms with Crippen molar-refractivity contribution in [2.75, 3.05) is 0 Å². The number of fused-ring (bicyclic) bond motifs is 2. The fourth-order valence-corrected chi connectivity index (χ4v) is 9.61. The van der Waals surface area contributed by atoms with Gasteiger partial charge in [-0.15, -0.1) is 11.8 Å². The van der Waals surface area contributed by atoms with Crippen molar-refractivity contribution in [3.05, 3.63) is 141 Å². The molecular formula is C48H52Cl2N4O4S. The van der Waals surface area contributed by atoms with E-state index in [-0.39, 0.29) is 12.8 Å². The zero-order chi connectivity index (χ0) is 41.4. The zero-order valence-corrected chi connectivity index (χ0v) is 35.7. The second-order valence-electron chi connectivity index (χ2n) is 15.2. The summed E-state index contributed by atoms with van der Waals surface area (Å²) in [6.07, 6.45) is 16.9. The van der Waals surface area contributed by atoms with Crippen LogP contribution in [0, 0.1) is 0 Å². The SMILES string of the molecule is O=C(O)CC(SC(CC(=O)O)c1cccnc1CCCCCCCc1ccc2ccc(Cl)cc2n1)c1cccnc1CCCCCCCc1ccc2ccc(Cl)cc2n1. The minimum absolute atomic E-state index is 0.132. The molecule has 6 rings (SSSR count). The molecule has 0 fully saturated rings. The maximum Gasteiger partial charge on any atom is 0.304 e. The van der Waals surface area contributed by atoms with Crippen molar-refractivity contribution in [2.24, 2.45) is 0 Å². The minimum Gasteiger partial charge on any atom is -0.481 e. The topological polar surface area (TPSA) is 126 Å². The largest absolute Gasteiger partial charge is 0.481 e. The second-order valence-corrected chi connectivity index (χ2v) is 17.5. The molecule has 0 radical (unpaired) electrons. The lowest BCUT2D eigenvalue weighted by Gasteiger charge is -2.25. The Morgan fingerprint density at radius 3 is 1.34 bits per heavy atom. The van der Waals surface area contributed by atoms with Crippen LogP contribution in [0.4, 0.5) is 0 Å². The van der Waals surface area contributed by atoms with Crippen molar-refractivity contribution in [3.63, 3.8) is 0 Å². The van der Waals surface area contributed by atoms with Gasteiger partial charge in [0.15, 0.2) is 0 Å². The Kier molecular flexibility index (Phi) is 16.9. The van der Waals surface area contributed by atoms with Gasteiger partial charge < -0.3 is 10.2 Å². The molecule has 2 aromatic carbocycles. The Hall–Kier alpha value is -4.57. The molecule has 2 unspecified atom stereocenters. The van der Waals surface area contributed by atoms with Crippen molar-refractivity contribution in [1.29, 1.82) is 0 Å². The summed E-state index contributed by atoms with van der Waals surface area (Å²) in [5.74, 6) is -1.86. The molecule has 4 heterocycles. The van der Waals surface area contributed by atoms with Gasteiger partial charge >= 0.3 is 11.9 Å². The molecule has 0 saturated carbocycles. The van der Waals surface area contributed by atoms with E-state index in [2.05, 4.69) is 24.3 Å². The fourth-order valence-electron chi connectivity index (χ4n) is 7.68. The number of carboxylic acid groups (broad SMARTS) is 2. The van der Waals surface area contributed by atoms with E-state index >= 15 is 0 Å². The Bertz CT molecular complexity index is 2160. The van der Waals surface area contributed by atoms with E-state index < -0.39 is 22.4 Å². The first-order chi connectivity index (χ1) is 28.7. The van der Waals surface area contributed by atoms with E-state index in [0.717, 1.165) is 146 Å². The van der Waals surface area contributed by atoms with Gasteiger partial charge in [-0.3, -0.25) is 29.5 Å². The van der Waals surface area contributed by atoms with Crippen LogP contribution in [0.25, 0.3) is 21.8 Å². The standard InChI is InChI=1S/C48H52Cl2N4O4S/c49-35-23-19-33-21-25-37(53-43(33)29-35)13-7-3-1-5-9-17-41-39(15-11-27-51-41)45(31-47(55)56)59-46(32-48(57)58)40-16-12-28-52-42(40)18-10-6-2-4-8-14-38-26-22-34-20-24-36(50)30-44(34)54-38/h11-12,15-16,19-30,45-46H,1-10,13-14,17-18,31-32H2,(H,55,56)(H,57,58). The number of carboxylic acids is 2. The number of aromatic nitrogens is 4. The van der Waals surface area contributed by atoms with Crippen LogP contribution in [0.15, 0.2) is 97.3 Å². The molecule has 0 saturated heterocycles. The number of carbonyl (C=O) groups is 2. The number of rotatable bonds is 24. The highest BCUT2D eigenvalue weighted by Crippen LogP contribution is 2.46. The second kappa shape index (κ2) is 22.7. The number of aryl methyl sites for hydroxylation is 4. The molecule has 2 atom stereocenters. The van der Waals surface area contributed by atoms with Gasteiger partial charge in [0.2, 0.25) is 0 Å². The molecule has 59 heavy (non-hydrogen) atoms. The van der Waals surface area contributed by atoms with Crippen LogP contribution in [0.2, 0.25) is 10.0 Å². The third-order valence-corrected chi connectivity index (χ3v) is 12.7. The molecule has 0 aliphatic heterocycles. The average Bonchev–Trinajstić information content (AvgIpc) is 3.22. The first-order valence-electron chi connectivity index (χ1n) is 20.8. The molecular weight excluding hydrogens is 800 g/mol. The van der Waals surface area contributed by atoms with Gasteiger partial charge in [-0.25, -0.2) is 0 Å². The number of aliphatic carboxylic acids is 2. The van der Waals surface area contributed by atoms with Crippen molar-refractivity contribution in [2.45, 2.75) is 113 Å². The fraction of sp³-hybridized carbons (Fsp3) is 0.375. The maximum absolute atomic E-state index is 12.3. The first-order valence-corrected chi connectivity index (χ1v) is 22.5. The molecule has 2 N–H and O–H groups in total. The Morgan fingerprint density at radius 1 is 0.525 bits per heavy atom. The van der Waals surface area contributed by atoms with Crippen LogP contribution in [-0.4, -0.2) is 42.1 Å². The van der Waals surface area contributed by atoms with Gasteiger partial charge in [0.1, 0.15) is 0 Å². The Balaban J connectivity index is 0.999. The molecule has 8 nitrogen and oxygen atoms in total. The number of halogens is 2. The third-order valence-electron chi connectivity index (χ3n) is 10.7. The van der Waals surface area contributed by atoms with Crippen LogP contribution >= 0.6 is 35.0 Å². The summed E-state index contributed by atoms with van der Waals surface area (Å²) < 4.78 is 0. The smallest absolute Gasteiger partial charge is 0.304 e. The van der Waals surface area contributed by atoms with Gasteiger partial charge in [-0.1, -0.05) is 98.1 Å². The normalized spacial score (nSPS) is 12.5. The molecule has 6 aromatic rings. The minimum atomic E-state index is -0.928. The highest BCUT2D eigenvalue weighted by Gasteiger charge is 2.28. The molecule has 308 valence electrons. The van der Waals surface area contributed by atoms with E-state index in [1.54, 1.807) is 12.4 Å². The summed E-state index contributed by atoms with van der Waals surface area (Å²) in [5, 5.41) is 22.7. The maximum atomic E-state index is 12.3. The highest BCUT2D eigenvalue weighted by atomic mass is 35.5. The summed E-state index contributed by atoms with van der Waals surface area (Å²) >= 11 is 13.7. The van der Waals surface area contributed by atoms with Crippen molar-refractivity contribution in [1.82, 2.24) is 19.9 Å². The van der Waals surface area contributed by atoms with Gasteiger partial charge in [-0.05, 0) is 111 Å². The lowest BCUT2D eigenvalue weighted by molar-refractivity contribution is -0.137. The Morgan fingerprint density at radius 2 is 0.915 bits per heavy atom. The number of pyridine rings is 4. The third kappa shape index (κ3) is 13.7. The molecule has 0 spiro atoms. The number of hydrogen-bond acceptors (Lipinski definition) is 7. The van der Waals surface area contributed by atoms with Gasteiger partial charge in [0, 0.05) is 66.5 Å². The number of thioether (sulfide) groups is 1. The summed E-state index contributed by atoms with van der Waals surface area (Å²) in [6.45, 7) is 0. The van der Waals surface area contributed by atoms with Gasteiger partial charge in [0.05, 0.1) is 23.9 Å². The van der Waals surface area contributed by atoms with Crippen LogP contribution in [-0.2, 0) is 35.3 Å². The summed E-state index contributed by atoms with van der Waals surface area (Å²) in [7, 11) is 0. The van der Waals surface area contributed by atoms with Crippen molar-refractivity contribution >= 4 is 68.7 Å². The summed E-state index contributed by atoms with van der Waals surface area (Å²) in [6, 6.07) is 27.6. The number of nitrogens with zero attached hydrogens (tertiary/aromatic N) is 4. The van der Waals surface area contributed by atoms with Crippen LogP contribution < -0.4 is 0 Å². The molecule has 0 bridgehead atoms. The number of benzene rings is 2. The predicted octanol–water partition coefficient (Wildman–Crippen LogP) is 12.8. The lowest BCUT2D eigenvalue weighted by Crippen LogP contribution is -2.13. The van der Waals surface area contributed by atoms with E-state index in [4.69, 9.17) is 43.1 Å². The van der Waals surface area contributed by atoms with E-state index in [0.29, 0.717) is 10.0 Å². The molecule has 0 aliphatic carbocycles. The van der Waals surface area contributed by atoms with Crippen LogP contribution in [0.5, 0.6) is 0 Å². The predicted molar refractivity (Wildman–Crippen MR) is 241 cm³/mol. The molecule has 11 heteroatoms. The monoisotopic (exact) mass is 850 g/mol.